The summed E-state index contributed by atoms with van der Waals surface area (Å²) in [5.41, 5.74) is 0.350. The number of rotatable bonds is 5. The number of methoxy groups -OCH3 is 1. The van der Waals surface area contributed by atoms with Gasteiger partial charge in [-0.25, -0.2) is 8.42 Å². The third-order valence-electron chi connectivity index (χ3n) is 2.77. The summed E-state index contributed by atoms with van der Waals surface area (Å²) in [6.45, 7) is 1.53. The molecule has 21 heavy (non-hydrogen) atoms. The number of thiophene rings is 1. The van der Waals surface area contributed by atoms with Gasteiger partial charge in [0, 0.05) is 14.2 Å². The first-order valence-electron chi connectivity index (χ1n) is 5.94. The second kappa shape index (κ2) is 6.35. The zero-order valence-corrected chi connectivity index (χ0v) is 14.6. The van der Waals surface area contributed by atoms with Gasteiger partial charge in [-0.15, -0.1) is 11.3 Å². The Morgan fingerprint density at radius 1 is 1.38 bits per heavy atom. The molecule has 0 bridgehead atoms. The number of aryl methyl sites for hydroxylation is 1. The van der Waals surface area contributed by atoms with Crippen molar-refractivity contribution in [3.05, 3.63) is 38.5 Å². The van der Waals surface area contributed by atoms with E-state index in [-0.39, 0.29) is 11.5 Å². The Bertz CT molecular complexity index is 756. The van der Waals surface area contributed by atoms with Gasteiger partial charge in [0.2, 0.25) is 0 Å². The van der Waals surface area contributed by atoms with Crippen molar-refractivity contribution in [2.75, 3.05) is 11.8 Å². The van der Waals surface area contributed by atoms with E-state index in [4.69, 9.17) is 9.84 Å². The van der Waals surface area contributed by atoms with Crippen LogP contribution in [-0.2, 0) is 16.6 Å². The van der Waals surface area contributed by atoms with E-state index in [9.17, 15) is 8.42 Å². The molecule has 114 valence electrons. The largest absolute Gasteiger partial charge is 0.495 e. The second-order valence-electron chi connectivity index (χ2n) is 4.24. The Kier molecular flexibility index (Phi) is 4.92. The highest BCUT2D eigenvalue weighted by molar-refractivity contribution is 9.10. The zero-order valence-electron chi connectivity index (χ0n) is 11.4. The van der Waals surface area contributed by atoms with Crippen molar-refractivity contribution in [1.29, 1.82) is 0 Å². The zero-order chi connectivity index (χ0) is 15.6. The lowest BCUT2D eigenvalue weighted by molar-refractivity contribution is 0.285. The Hall–Kier alpha value is -1.09. The van der Waals surface area contributed by atoms with Crippen molar-refractivity contribution in [1.82, 2.24) is 0 Å². The van der Waals surface area contributed by atoms with Crippen LogP contribution in [0.5, 0.6) is 5.75 Å². The summed E-state index contributed by atoms with van der Waals surface area (Å²) in [6, 6.07) is 6.54. The fourth-order valence-electron chi connectivity index (χ4n) is 1.83. The highest BCUT2D eigenvalue weighted by Gasteiger charge is 2.21. The predicted octanol–water partition coefficient (Wildman–Crippen LogP) is 3.12. The predicted molar refractivity (Wildman–Crippen MR) is 86.5 cm³/mol. The molecule has 1 aromatic carbocycles. The maximum atomic E-state index is 12.5. The number of aliphatic hydroxyl groups is 1. The van der Waals surface area contributed by atoms with Crippen molar-refractivity contribution in [2.45, 2.75) is 18.4 Å². The molecule has 0 atom stereocenters. The maximum Gasteiger partial charge on any atom is 0.263 e. The number of aliphatic hydroxyl groups excluding tert-OH is 1. The first-order chi connectivity index (χ1) is 9.87. The minimum atomic E-state index is -3.73. The molecular formula is C13H14BrNO4S2. The Balaban J connectivity index is 2.41. The Labute approximate surface area is 135 Å². The molecule has 0 radical (unpaired) electrons. The van der Waals surface area contributed by atoms with Crippen molar-refractivity contribution in [3.8, 4) is 5.75 Å². The van der Waals surface area contributed by atoms with E-state index in [1.165, 1.54) is 24.5 Å². The molecule has 5 nitrogen and oxygen atoms in total. The molecule has 0 saturated carbocycles. The Morgan fingerprint density at radius 3 is 2.67 bits per heavy atom. The summed E-state index contributed by atoms with van der Waals surface area (Å²) in [6.07, 6.45) is 0. The minimum Gasteiger partial charge on any atom is -0.495 e. The third-order valence-corrected chi connectivity index (χ3v) is 5.92. The van der Waals surface area contributed by atoms with Crippen LogP contribution in [0, 0.1) is 6.92 Å². The van der Waals surface area contributed by atoms with Crippen LogP contribution in [0.4, 0.5) is 5.69 Å². The molecule has 2 rings (SSSR count). The minimum absolute atomic E-state index is 0.165. The van der Waals surface area contributed by atoms with Crippen LogP contribution in [0.15, 0.2) is 33.6 Å². The standard InChI is InChI=1S/C13H14BrNO4S2/c1-8-13(6-10(7-16)20-8)21(17,18)15-11-5-9(14)3-4-12(11)19-2/h3-6,15-16H,7H2,1-2H3. The molecule has 0 aliphatic heterocycles. The molecule has 1 aromatic heterocycles. The normalized spacial score (nSPS) is 11.4. The molecule has 0 aliphatic carbocycles. The Morgan fingerprint density at radius 2 is 2.10 bits per heavy atom. The number of benzene rings is 1. The van der Waals surface area contributed by atoms with E-state index in [1.54, 1.807) is 25.1 Å². The van der Waals surface area contributed by atoms with Crippen LogP contribution in [-0.4, -0.2) is 20.6 Å². The van der Waals surface area contributed by atoms with Gasteiger partial charge in [0.25, 0.3) is 10.0 Å². The lowest BCUT2D eigenvalue weighted by atomic mass is 10.3. The van der Waals surface area contributed by atoms with E-state index in [0.717, 1.165) is 4.47 Å². The molecule has 1 heterocycles. The van der Waals surface area contributed by atoms with Crippen LogP contribution in [0.3, 0.4) is 0 Å². The van der Waals surface area contributed by atoms with Crippen LogP contribution in [0.2, 0.25) is 0 Å². The van der Waals surface area contributed by atoms with Gasteiger partial charge in [-0.05, 0) is 31.2 Å². The molecule has 0 spiro atoms. The topological polar surface area (TPSA) is 75.6 Å². The maximum absolute atomic E-state index is 12.5. The van der Waals surface area contributed by atoms with Gasteiger partial charge in [-0.1, -0.05) is 15.9 Å². The van der Waals surface area contributed by atoms with Crippen molar-refractivity contribution >= 4 is 43.0 Å². The van der Waals surface area contributed by atoms with Gasteiger partial charge >= 0.3 is 0 Å². The molecule has 0 unspecified atom stereocenters. The van der Waals surface area contributed by atoms with Crippen molar-refractivity contribution in [3.63, 3.8) is 0 Å². The van der Waals surface area contributed by atoms with Gasteiger partial charge in [-0.3, -0.25) is 4.72 Å². The molecule has 0 saturated heterocycles. The van der Waals surface area contributed by atoms with Gasteiger partial charge < -0.3 is 9.84 Å². The molecule has 0 aliphatic rings. The van der Waals surface area contributed by atoms with Gasteiger partial charge in [-0.2, -0.15) is 0 Å². The smallest absolute Gasteiger partial charge is 0.263 e. The second-order valence-corrected chi connectivity index (χ2v) is 8.15. The molecule has 0 amide bonds. The first kappa shape index (κ1) is 16.3. The number of nitrogens with one attached hydrogen (secondary N) is 1. The van der Waals surface area contributed by atoms with Gasteiger partial charge in [0.05, 0.1) is 19.4 Å². The van der Waals surface area contributed by atoms with E-state index < -0.39 is 10.0 Å². The lowest BCUT2D eigenvalue weighted by Gasteiger charge is -2.12. The molecular weight excluding hydrogens is 378 g/mol. The number of halogens is 1. The molecule has 2 aromatic rings. The summed E-state index contributed by atoms with van der Waals surface area (Å²) in [4.78, 5) is 1.40. The van der Waals surface area contributed by atoms with Gasteiger partial charge in [0.1, 0.15) is 10.6 Å². The summed E-state index contributed by atoms with van der Waals surface area (Å²) >= 11 is 4.55. The van der Waals surface area contributed by atoms with Crippen LogP contribution in [0.1, 0.15) is 9.75 Å². The number of anilines is 1. The fourth-order valence-corrected chi connectivity index (χ4v) is 4.75. The molecule has 0 fully saturated rings. The lowest BCUT2D eigenvalue weighted by Crippen LogP contribution is -2.13. The first-order valence-corrected chi connectivity index (χ1v) is 9.03. The number of hydrogen-bond donors (Lipinski definition) is 2. The quantitative estimate of drug-likeness (QED) is 0.820. The van der Waals surface area contributed by atoms with Crippen molar-refractivity contribution < 1.29 is 18.3 Å². The average Bonchev–Trinajstić information content (AvgIpc) is 2.81. The van der Waals surface area contributed by atoms with Gasteiger partial charge in [0.15, 0.2) is 0 Å². The summed E-state index contributed by atoms with van der Waals surface area (Å²) in [7, 11) is -2.26. The molecule has 8 heteroatoms. The fraction of sp³-hybridized carbons (Fsp3) is 0.231. The van der Waals surface area contributed by atoms with Crippen LogP contribution >= 0.6 is 27.3 Å². The summed E-state index contributed by atoms with van der Waals surface area (Å²) in [5.74, 6) is 0.428. The van der Waals surface area contributed by atoms with E-state index in [1.807, 2.05) is 0 Å². The van der Waals surface area contributed by atoms with Crippen LogP contribution < -0.4 is 9.46 Å². The monoisotopic (exact) mass is 391 g/mol. The van der Waals surface area contributed by atoms with E-state index in [2.05, 4.69) is 20.7 Å². The summed E-state index contributed by atoms with van der Waals surface area (Å²) in [5, 5.41) is 9.12. The average molecular weight is 392 g/mol. The van der Waals surface area contributed by atoms with Crippen molar-refractivity contribution in [2.24, 2.45) is 0 Å². The number of hydrogen-bond acceptors (Lipinski definition) is 5. The highest BCUT2D eigenvalue weighted by Crippen LogP contribution is 2.32. The highest BCUT2D eigenvalue weighted by atomic mass is 79.9. The van der Waals surface area contributed by atoms with E-state index >= 15 is 0 Å². The third kappa shape index (κ3) is 3.57. The molecule has 2 N–H and O–H groups in total. The number of sulfonamides is 1. The number of ether oxygens (including phenoxy) is 1. The van der Waals surface area contributed by atoms with E-state index in [0.29, 0.717) is 21.2 Å². The summed E-state index contributed by atoms with van der Waals surface area (Å²) < 4.78 is 33.4. The van der Waals surface area contributed by atoms with Crippen LogP contribution in [0.25, 0.3) is 0 Å². The SMILES string of the molecule is COc1ccc(Br)cc1NS(=O)(=O)c1cc(CO)sc1C.